The molecule has 0 spiro atoms. The zero-order valence-electron chi connectivity index (χ0n) is 12.7. The molecule has 4 heteroatoms. The van der Waals surface area contributed by atoms with Crippen LogP contribution in [0.25, 0.3) is 0 Å². The third-order valence-electron chi connectivity index (χ3n) is 4.16. The summed E-state index contributed by atoms with van der Waals surface area (Å²) in [6.45, 7) is 7.68. The van der Waals surface area contributed by atoms with Crippen LogP contribution < -0.4 is 10.2 Å². The van der Waals surface area contributed by atoms with Gasteiger partial charge >= 0.3 is 0 Å². The number of piperidine rings is 1. The maximum atomic E-state index is 9.11. The fraction of sp³-hybridized carbons (Fsp3) is 0.688. The lowest BCUT2D eigenvalue weighted by Crippen LogP contribution is -2.36. The van der Waals surface area contributed by atoms with Crippen LogP contribution in [0, 0.1) is 5.92 Å². The molecule has 0 aromatic carbocycles. The highest BCUT2D eigenvalue weighted by Crippen LogP contribution is 2.25. The molecule has 2 N–H and O–H groups in total. The highest BCUT2D eigenvalue weighted by atomic mass is 16.3. The SMILES string of the molecule is CCNC(C)c1ccnc(N2CCCC(CCO)C2)c1. The van der Waals surface area contributed by atoms with Gasteiger partial charge in [0, 0.05) is 31.9 Å². The summed E-state index contributed by atoms with van der Waals surface area (Å²) in [4.78, 5) is 6.90. The Morgan fingerprint density at radius 2 is 2.40 bits per heavy atom. The number of hydrogen-bond donors (Lipinski definition) is 2. The van der Waals surface area contributed by atoms with Crippen molar-refractivity contribution in [1.29, 1.82) is 0 Å². The molecular formula is C16H27N3O. The number of hydrogen-bond acceptors (Lipinski definition) is 4. The molecule has 0 bridgehead atoms. The molecular weight excluding hydrogens is 250 g/mol. The van der Waals surface area contributed by atoms with Gasteiger partial charge in [-0.2, -0.15) is 0 Å². The lowest BCUT2D eigenvalue weighted by Gasteiger charge is -2.33. The van der Waals surface area contributed by atoms with Gasteiger partial charge in [-0.15, -0.1) is 0 Å². The fourth-order valence-corrected chi connectivity index (χ4v) is 2.99. The Balaban J connectivity index is 2.06. The molecule has 1 aromatic heterocycles. The molecule has 0 radical (unpaired) electrons. The van der Waals surface area contributed by atoms with E-state index in [0.717, 1.165) is 31.9 Å². The van der Waals surface area contributed by atoms with Crippen LogP contribution in [0.3, 0.4) is 0 Å². The van der Waals surface area contributed by atoms with Crippen molar-refractivity contribution in [2.45, 2.75) is 39.2 Å². The normalized spacial score (nSPS) is 20.9. The van der Waals surface area contributed by atoms with E-state index < -0.39 is 0 Å². The van der Waals surface area contributed by atoms with Gasteiger partial charge in [0.1, 0.15) is 5.82 Å². The van der Waals surface area contributed by atoms with Crippen molar-refractivity contribution in [3.05, 3.63) is 23.9 Å². The standard InChI is InChI=1S/C16H27N3O/c1-3-17-13(2)15-6-8-18-16(11-15)19-9-4-5-14(12-19)7-10-20/h6,8,11,13-14,17,20H,3-5,7,9-10,12H2,1-2H3. The van der Waals surface area contributed by atoms with Gasteiger partial charge in [-0.25, -0.2) is 4.98 Å². The lowest BCUT2D eigenvalue weighted by molar-refractivity contribution is 0.244. The van der Waals surface area contributed by atoms with Gasteiger partial charge in [-0.05, 0) is 56.3 Å². The van der Waals surface area contributed by atoms with E-state index in [2.05, 4.69) is 41.2 Å². The number of aromatic nitrogens is 1. The van der Waals surface area contributed by atoms with Gasteiger partial charge in [0.2, 0.25) is 0 Å². The van der Waals surface area contributed by atoms with Crippen molar-refractivity contribution in [2.75, 3.05) is 31.1 Å². The molecule has 2 heterocycles. The fourth-order valence-electron chi connectivity index (χ4n) is 2.99. The predicted octanol–water partition coefficient (Wildman–Crippen LogP) is 2.35. The topological polar surface area (TPSA) is 48.4 Å². The number of pyridine rings is 1. The predicted molar refractivity (Wildman–Crippen MR) is 83.0 cm³/mol. The van der Waals surface area contributed by atoms with Gasteiger partial charge in [-0.3, -0.25) is 0 Å². The minimum Gasteiger partial charge on any atom is -0.396 e. The Morgan fingerprint density at radius 3 is 3.15 bits per heavy atom. The molecule has 1 fully saturated rings. The van der Waals surface area contributed by atoms with Crippen LogP contribution in [0.1, 0.15) is 44.7 Å². The molecule has 2 atom stereocenters. The molecule has 0 aliphatic carbocycles. The van der Waals surface area contributed by atoms with E-state index in [4.69, 9.17) is 5.11 Å². The molecule has 0 amide bonds. The molecule has 4 nitrogen and oxygen atoms in total. The number of rotatable bonds is 6. The second-order valence-corrected chi connectivity index (χ2v) is 5.69. The maximum Gasteiger partial charge on any atom is 0.128 e. The number of anilines is 1. The molecule has 0 saturated carbocycles. The summed E-state index contributed by atoms with van der Waals surface area (Å²) in [5.41, 5.74) is 1.29. The van der Waals surface area contributed by atoms with Crippen LogP contribution in [0.15, 0.2) is 18.3 Å². The van der Waals surface area contributed by atoms with Crippen LogP contribution in [0.2, 0.25) is 0 Å². The van der Waals surface area contributed by atoms with Gasteiger partial charge in [0.15, 0.2) is 0 Å². The van der Waals surface area contributed by atoms with Crippen LogP contribution in [0.4, 0.5) is 5.82 Å². The monoisotopic (exact) mass is 277 g/mol. The molecule has 1 aliphatic rings. The summed E-state index contributed by atoms with van der Waals surface area (Å²) < 4.78 is 0. The van der Waals surface area contributed by atoms with E-state index in [0.29, 0.717) is 18.6 Å². The summed E-state index contributed by atoms with van der Waals surface area (Å²) in [5, 5.41) is 12.6. The zero-order chi connectivity index (χ0) is 14.4. The molecule has 1 saturated heterocycles. The Labute approximate surface area is 122 Å². The average molecular weight is 277 g/mol. The molecule has 2 unspecified atom stereocenters. The van der Waals surface area contributed by atoms with Crippen molar-refractivity contribution >= 4 is 5.82 Å². The van der Waals surface area contributed by atoms with Gasteiger partial charge in [-0.1, -0.05) is 6.92 Å². The summed E-state index contributed by atoms with van der Waals surface area (Å²) in [6, 6.07) is 4.65. The average Bonchev–Trinajstić information content (AvgIpc) is 2.48. The second-order valence-electron chi connectivity index (χ2n) is 5.69. The van der Waals surface area contributed by atoms with Crippen molar-refractivity contribution in [3.63, 3.8) is 0 Å². The van der Waals surface area contributed by atoms with Crippen molar-refractivity contribution < 1.29 is 5.11 Å². The van der Waals surface area contributed by atoms with E-state index in [9.17, 15) is 0 Å². The molecule has 112 valence electrons. The zero-order valence-corrected chi connectivity index (χ0v) is 12.7. The van der Waals surface area contributed by atoms with Gasteiger partial charge < -0.3 is 15.3 Å². The lowest BCUT2D eigenvalue weighted by atomic mass is 9.95. The first kappa shape index (κ1) is 15.3. The van der Waals surface area contributed by atoms with Crippen molar-refractivity contribution in [1.82, 2.24) is 10.3 Å². The first-order chi connectivity index (χ1) is 9.74. The molecule has 1 aromatic rings. The Hall–Kier alpha value is -1.13. The smallest absolute Gasteiger partial charge is 0.128 e. The summed E-state index contributed by atoms with van der Waals surface area (Å²) in [7, 11) is 0. The Bertz CT molecular complexity index is 408. The molecule has 2 rings (SSSR count). The van der Waals surface area contributed by atoms with E-state index >= 15 is 0 Å². The number of aliphatic hydroxyl groups is 1. The molecule has 1 aliphatic heterocycles. The second kappa shape index (κ2) is 7.60. The largest absolute Gasteiger partial charge is 0.396 e. The first-order valence-corrected chi connectivity index (χ1v) is 7.79. The van der Waals surface area contributed by atoms with E-state index in [1.807, 2.05) is 6.20 Å². The highest BCUT2D eigenvalue weighted by molar-refractivity contribution is 5.42. The van der Waals surface area contributed by atoms with Gasteiger partial charge in [0.05, 0.1) is 0 Å². The van der Waals surface area contributed by atoms with E-state index in [1.165, 1.54) is 18.4 Å². The third kappa shape index (κ3) is 3.93. The highest BCUT2D eigenvalue weighted by Gasteiger charge is 2.20. The number of nitrogens with zero attached hydrogens (tertiary/aromatic N) is 2. The third-order valence-corrected chi connectivity index (χ3v) is 4.16. The minimum atomic E-state index is 0.295. The van der Waals surface area contributed by atoms with E-state index in [1.54, 1.807) is 0 Å². The van der Waals surface area contributed by atoms with Crippen LogP contribution in [-0.4, -0.2) is 36.3 Å². The van der Waals surface area contributed by atoms with Crippen LogP contribution >= 0.6 is 0 Å². The quantitative estimate of drug-likeness (QED) is 0.838. The summed E-state index contributed by atoms with van der Waals surface area (Å²) in [5.74, 6) is 1.68. The number of aliphatic hydroxyl groups excluding tert-OH is 1. The van der Waals surface area contributed by atoms with Crippen LogP contribution in [-0.2, 0) is 0 Å². The van der Waals surface area contributed by atoms with Gasteiger partial charge in [0.25, 0.3) is 0 Å². The minimum absolute atomic E-state index is 0.295. The first-order valence-electron chi connectivity index (χ1n) is 7.79. The van der Waals surface area contributed by atoms with Crippen LogP contribution in [0.5, 0.6) is 0 Å². The van der Waals surface area contributed by atoms with Crippen molar-refractivity contribution in [2.24, 2.45) is 5.92 Å². The maximum absolute atomic E-state index is 9.11. The number of nitrogens with one attached hydrogen (secondary N) is 1. The molecule has 20 heavy (non-hydrogen) atoms. The Kier molecular flexibility index (Phi) is 5.80. The Morgan fingerprint density at radius 1 is 1.55 bits per heavy atom. The summed E-state index contributed by atoms with van der Waals surface area (Å²) in [6.07, 6.45) is 5.24. The van der Waals surface area contributed by atoms with E-state index in [-0.39, 0.29) is 0 Å². The van der Waals surface area contributed by atoms with Crippen molar-refractivity contribution in [3.8, 4) is 0 Å². The summed E-state index contributed by atoms with van der Waals surface area (Å²) >= 11 is 0.